The summed E-state index contributed by atoms with van der Waals surface area (Å²) in [6.45, 7) is 3.44. The van der Waals surface area contributed by atoms with Crippen LogP contribution in [0.1, 0.15) is 37.3 Å². The smallest absolute Gasteiger partial charge is 0.241 e. The van der Waals surface area contributed by atoms with Crippen LogP contribution in [0.4, 0.5) is 5.69 Å². The van der Waals surface area contributed by atoms with Crippen LogP contribution in [0.3, 0.4) is 0 Å². The molecule has 0 spiro atoms. The van der Waals surface area contributed by atoms with E-state index in [4.69, 9.17) is 16.9 Å². The third-order valence-corrected chi connectivity index (χ3v) is 7.64. The molecule has 2 aromatic rings. The topological polar surface area (TPSA) is 171 Å². The number of piperidine rings is 1. The van der Waals surface area contributed by atoms with E-state index in [0.717, 1.165) is 12.8 Å². The zero-order valence-corrected chi connectivity index (χ0v) is 21.2. The van der Waals surface area contributed by atoms with Crippen molar-refractivity contribution in [3.05, 3.63) is 59.7 Å². The number of anilines is 1. The Balaban J connectivity index is 1.87. The number of carbonyl (C=O) groups excluding carboxylic acids is 2. The van der Waals surface area contributed by atoms with Crippen LogP contribution in [0, 0.1) is 11.3 Å². The molecule has 0 unspecified atom stereocenters. The van der Waals surface area contributed by atoms with E-state index in [9.17, 15) is 18.0 Å². The molecule has 2 amide bonds. The van der Waals surface area contributed by atoms with Gasteiger partial charge in [0.2, 0.25) is 21.8 Å². The summed E-state index contributed by atoms with van der Waals surface area (Å²) in [7, 11) is -4.11. The summed E-state index contributed by atoms with van der Waals surface area (Å²) >= 11 is 0. The number of carbonyl (C=O) groups is 2. The molecular weight excluding hydrogens is 480 g/mol. The average Bonchev–Trinajstić information content (AvgIpc) is 2.84. The van der Waals surface area contributed by atoms with Crippen molar-refractivity contribution in [1.29, 1.82) is 5.41 Å². The molecule has 10 nitrogen and oxygen atoms in total. The summed E-state index contributed by atoms with van der Waals surface area (Å²) < 4.78 is 29.3. The van der Waals surface area contributed by atoms with Gasteiger partial charge in [-0.25, -0.2) is 8.42 Å². The van der Waals surface area contributed by atoms with Gasteiger partial charge in [-0.2, -0.15) is 4.72 Å². The first-order chi connectivity index (χ1) is 17.1. The second-order valence-corrected chi connectivity index (χ2v) is 10.8. The Kier molecular flexibility index (Phi) is 9.19. The predicted octanol–water partition coefficient (Wildman–Crippen LogP) is 1.41. The van der Waals surface area contributed by atoms with Crippen molar-refractivity contribution in [3.63, 3.8) is 0 Å². The minimum Gasteiger partial charge on any atom is -0.384 e. The Labute approximate surface area is 212 Å². The third kappa shape index (κ3) is 7.36. The van der Waals surface area contributed by atoms with Crippen LogP contribution in [0.2, 0.25) is 0 Å². The lowest BCUT2D eigenvalue weighted by molar-refractivity contribution is -0.134. The maximum atomic E-state index is 13.5. The molecule has 0 aliphatic carbocycles. The molecule has 194 valence electrons. The van der Waals surface area contributed by atoms with Crippen molar-refractivity contribution in [1.82, 2.24) is 9.62 Å². The summed E-state index contributed by atoms with van der Waals surface area (Å²) in [6, 6.07) is 11.7. The molecule has 0 bridgehead atoms. The van der Waals surface area contributed by atoms with E-state index in [-0.39, 0.29) is 41.9 Å². The fourth-order valence-corrected chi connectivity index (χ4v) is 5.32. The summed E-state index contributed by atoms with van der Waals surface area (Å²) in [4.78, 5) is 27.0. The third-order valence-electron chi connectivity index (χ3n) is 6.17. The van der Waals surface area contributed by atoms with Gasteiger partial charge >= 0.3 is 0 Å². The van der Waals surface area contributed by atoms with Crippen LogP contribution in [-0.2, 0) is 26.0 Å². The summed E-state index contributed by atoms with van der Waals surface area (Å²) in [6.07, 6.45) is 1.92. The van der Waals surface area contributed by atoms with E-state index >= 15 is 0 Å². The fraction of sp³-hybridized carbons (Fsp3) is 0.400. The minimum atomic E-state index is -4.11. The van der Waals surface area contributed by atoms with Crippen LogP contribution in [-0.4, -0.2) is 56.6 Å². The van der Waals surface area contributed by atoms with Gasteiger partial charge in [-0.3, -0.25) is 15.0 Å². The molecule has 1 heterocycles. The molecule has 36 heavy (non-hydrogen) atoms. The molecule has 3 rings (SSSR count). The first-order valence-corrected chi connectivity index (χ1v) is 13.4. The van der Waals surface area contributed by atoms with Gasteiger partial charge in [0.25, 0.3) is 0 Å². The normalized spacial score (nSPS) is 15.3. The number of nitrogen functional groups attached to an aromatic ring is 1. The van der Waals surface area contributed by atoms with E-state index in [1.807, 2.05) is 0 Å². The number of likely N-dealkylation sites (tertiary alicyclic amines) is 1. The molecule has 1 aliphatic rings. The van der Waals surface area contributed by atoms with Gasteiger partial charge in [0.05, 0.1) is 4.90 Å². The van der Waals surface area contributed by atoms with Crippen LogP contribution in [0.15, 0.2) is 53.4 Å². The highest BCUT2D eigenvalue weighted by Gasteiger charge is 2.31. The standard InChI is InChI=1S/C25H34N6O4S/c1-17-9-12-31(13-10-17)25(33)22(15-18-4-2-5-19(14-18)24(27)28)30-36(34,35)21-7-3-6-20(16-21)29-23(32)8-11-26/h2-7,14,16-17,22,30H,8-13,15,26H2,1H3,(H3,27,28)(H,29,32)/t22-/m0/s1. The first kappa shape index (κ1) is 27.3. The number of hydrogen-bond donors (Lipinski definition) is 5. The highest BCUT2D eigenvalue weighted by Crippen LogP contribution is 2.20. The maximum absolute atomic E-state index is 13.5. The van der Waals surface area contributed by atoms with Crippen LogP contribution in [0.5, 0.6) is 0 Å². The molecule has 7 N–H and O–H groups in total. The lowest BCUT2D eigenvalue weighted by Crippen LogP contribution is -2.51. The highest BCUT2D eigenvalue weighted by atomic mass is 32.2. The first-order valence-electron chi connectivity index (χ1n) is 11.9. The lowest BCUT2D eigenvalue weighted by atomic mass is 9.97. The van der Waals surface area contributed by atoms with Crippen LogP contribution >= 0.6 is 0 Å². The Hall–Kier alpha value is -3.28. The van der Waals surface area contributed by atoms with Gasteiger partial charge in [0, 0.05) is 37.3 Å². The lowest BCUT2D eigenvalue weighted by Gasteiger charge is -2.33. The fourth-order valence-electron chi connectivity index (χ4n) is 4.08. The second-order valence-electron chi connectivity index (χ2n) is 9.11. The molecular formula is C25H34N6O4S. The molecule has 1 saturated heterocycles. The van der Waals surface area contributed by atoms with Crippen molar-refractivity contribution in [2.24, 2.45) is 17.4 Å². The summed E-state index contributed by atoms with van der Waals surface area (Å²) in [5.74, 6) is -0.226. The largest absolute Gasteiger partial charge is 0.384 e. The van der Waals surface area contributed by atoms with E-state index in [1.165, 1.54) is 18.2 Å². The van der Waals surface area contributed by atoms with Crippen molar-refractivity contribution < 1.29 is 18.0 Å². The molecule has 1 atom stereocenters. The number of rotatable bonds is 10. The molecule has 2 aromatic carbocycles. The number of nitrogens with one attached hydrogen (secondary N) is 3. The molecule has 1 fully saturated rings. The van der Waals surface area contributed by atoms with E-state index in [1.54, 1.807) is 35.2 Å². The number of nitrogens with two attached hydrogens (primary N) is 2. The van der Waals surface area contributed by atoms with E-state index in [0.29, 0.717) is 35.8 Å². The number of benzene rings is 2. The van der Waals surface area contributed by atoms with Crippen molar-refractivity contribution in [2.45, 2.75) is 43.5 Å². The highest BCUT2D eigenvalue weighted by molar-refractivity contribution is 7.89. The van der Waals surface area contributed by atoms with Gasteiger partial charge in [0.15, 0.2) is 0 Å². The zero-order valence-electron chi connectivity index (χ0n) is 20.4. The summed E-state index contributed by atoms with van der Waals surface area (Å²) in [5, 5.41) is 10.3. The number of hydrogen-bond acceptors (Lipinski definition) is 6. The van der Waals surface area contributed by atoms with Crippen molar-refractivity contribution in [2.75, 3.05) is 25.0 Å². The van der Waals surface area contributed by atoms with Crippen LogP contribution in [0.25, 0.3) is 0 Å². The SMILES string of the molecule is CC1CCN(C(=O)[C@H](Cc2cccc(C(=N)N)c2)NS(=O)(=O)c2cccc(NC(=O)CCN)c2)CC1. The Morgan fingerprint density at radius 1 is 1.14 bits per heavy atom. The molecule has 0 aromatic heterocycles. The number of nitrogens with zero attached hydrogens (tertiary/aromatic N) is 1. The zero-order chi connectivity index (χ0) is 26.3. The summed E-state index contributed by atoms with van der Waals surface area (Å²) in [5.41, 5.74) is 12.5. The second kappa shape index (κ2) is 12.1. The number of sulfonamides is 1. The van der Waals surface area contributed by atoms with Crippen molar-refractivity contribution >= 4 is 33.4 Å². The Bertz CT molecular complexity index is 1210. The molecule has 11 heteroatoms. The minimum absolute atomic E-state index is 0.0735. The quantitative estimate of drug-likeness (QED) is 0.237. The van der Waals surface area contributed by atoms with E-state index in [2.05, 4.69) is 17.0 Å². The van der Waals surface area contributed by atoms with Gasteiger partial charge in [0.1, 0.15) is 11.9 Å². The van der Waals surface area contributed by atoms with Gasteiger partial charge in [-0.1, -0.05) is 31.2 Å². The molecule has 0 saturated carbocycles. The van der Waals surface area contributed by atoms with Crippen molar-refractivity contribution in [3.8, 4) is 0 Å². The average molecular weight is 515 g/mol. The number of amides is 2. The van der Waals surface area contributed by atoms with Crippen LogP contribution < -0.4 is 21.5 Å². The maximum Gasteiger partial charge on any atom is 0.241 e. The monoisotopic (exact) mass is 514 g/mol. The van der Waals surface area contributed by atoms with Gasteiger partial charge in [-0.05, 0) is 55.0 Å². The Morgan fingerprint density at radius 2 is 1.83 bits per heavy atom. The van der Waals surface area contributed by atoms with Gasteiger partial charge in [-0.15, -0.1) is 0 Å². The Morgan fingerprint density at radius 3 is 2.50 bits per heavy atom. The predicted molar refractivity (Wildman–Crippen MR) is 139 cm³/mol. The van der Waals surface area contributed by atoms with E-state index < -0.39 is 16.1 Å². The molecule has 0 radical (unpaired) electrons. The molecule has 1 aliphatic heterocycles. The van der Waals surface area contributed by atoms with Gasteiger partial charge < -0.3 is 21.7 Å². The number of amidine groups is 1.